The number of carbonyl (C=O) groups is 1. The van der Waals surface area contributed by atoms with E-state index >= 15 is 0 Å². The number of rotatable bonds is 8. The molecule has 0 aliphatic carbocycles. The molecule has 1 aliphatic heterocycles. The number of piperazine rings is 1. The van der Waals surface area contributed by atoms with E-state index in [1.54, 1.807) is 24.0 Å². The average molecular weight is 528 g/mol. The third-order valence-electron chi connectivity index (χ3n) is 6.27. The second-order valence-electron chi connectivity index (χ2n) is 8.81. The number of hydrogen-bond acceptors (Lipinski definition) is 5. The van der Waals surface area contributed by atoms with Crippen LogP contribution in [0, 0.1) is 6.92 Å². The number of carbonyl (C=O) groups excluding carboxylic acids is 1. The zero-order valence-corrected chi connectivity index (χ0v) is 21.9. The van der Waals surface area contributed by atoms with Crippen LogP contribution in [0.4, 0.5) is 5.69 Å². The van der Waals surface area contributed by atoms with Crippen molar-refractivity contribution in [2.75, 3.05) is 37.7 Å². The predicted molar refractivity (Wildman–Crippen MR) is 142 cm³/mol. The molecule has 1 heterocycles. The monoisotopic (exact) mass is 527 g/mol. The molecular formula is C27H30ClN3O4S. The third kappa shape index (κ3) is 6.37. The zero-order valence-electron chi connectivity index (χ0n) is 20.4. The molecule has 0 saturated carbocycles. The van der Waals surface area contributed by atoms with Crippen molar-refractivity contribution < 1.29 is 17.9 Å². The van der Waals surface area contributed by atoms with Gasteiger partial charge >= 0.3 is 0 Å². The van der Waals surface area contributed by atoms with E-state index in [1.165, 1.54) is 12.1 Å². The van der Waals surface area contributed by atoms with E-state index in [0.29, 0.717) is 37.0 Å². The molecule has 1 aliphatic rings. The number of anilines is 1. The second-order valence-corrected chi connectivity index (χ2v) is 11.0. The Morgan fingerprint density at radius 3 is 2.33 bits per heavy atom. The molecule has 0 radical (unpaired) electrons. The van der Waals surface area contributed by atoms with Crippen molar-refractivity contribution in [3.05, 3.63) is 88.9 Å². The van der Waals surface area contributed by atoms with Crippen LogP contribution < -0.4 is 14.4 Å². The summed E-state index contributed by atoms with van der Waals surface area (Å²) in [5.41, 5.74) is 3.12. The van der Waals surface area contributed by atoms with Crippen LogP contribution >= 0.6 is 11.6 Å². The normalized spacial score (nSPS) is 15.0. The molecule has 0 spiro atoms. The highest BCUT2D eigenvalue weighted by atomic mass is 35.5. The minimum absolute atomic E-state index is 0.104. The molecule has 4 rings (SSSR count). The summed E-state index contributed by atoms with van der Waals surface area (Å²) < 4.78 is 33.8. The number of nitrogens with one attached hydrogen (secondary N) is 1. The first-order valence-corrected chi connectivity index (χ1v) is 13.7. The van der Waals surface area contributed by atoms with Crippen LogP contribution in [-0.2, 0) is 14.8 Å². The highest BCUT2D eigenvalue weighted by Gasteiger charge is 2.23. The van der Waals surface area contributed by atoms with Crippen molar-refractivity contribution in [1.82, 2.24) is 9.62 Å². The predicted octanol–water partition coefficient (Wildman–Crippen LogP) is 4.42. The largest absolute Gasteiger partial charge is 0.484 e. The van der Waals surface area contributed by atoms with Crippen LogP contribution in [0.2, 0.25) is 5.02 Å². The Morgan fingerprint density at radius 2 is 1.67 bits per heavy atom. The van der Waals surface area contributed by atoms with Crippen LogP contribution in [0.1, 0.15) is 24.1 Å². The van der Waals surface area contributed by atoms with Gasteiger partial charge in [0.05, 0.1) is 4.90 Å². The SMILES string of the molecule is Cc1ccc(Cl)cc1N1CCN(C(=O)COc2ccc(S(=O)(=O)N[C@@H](C)c3ccccc3)cc2)CC1. The summed E-state index contributed by atoms with van der Waals surface area (Å²) in [4.78, 5) is 16.8. The van der Waals surface area contributed by atoms with Gasteiger partial charge in [-0.05, 0) is 61.4 Å². The van der Waals surface area contributed by atoms with Gasteiger partial charge in [-0.1, -0.05) is 48.0 Å². The van der Waals surface area contributed by atoms with Crippen molar-refractivity contribution in [3.8, 4) is 5.75 Å². The van der Waals surface area contributed by atoms with Crippen LogP contribution in [0.3, 0.4) is 0 Å². The lowest BCUT2D eigenvalue weighted by molar-refractivity contribution is -0.133. The number of halogens is 1. The Hall–Kier alpha value is -3.07. The van der Waals surface area contributed by atoms with Crippen LogP contribution in [0.5, 0.6) is 5.75 Å². The van der Waals surface area contributed by atoms with Crippen molar-refractivity contribution in [3.63, 3.8) is 0 Å². The molecule has 9 heteroatoms. The highest BCUT2D eigenvalue weighted by Crippen LogP contribution is 2.25. The van der Waals surface area contributed by atoms with Gasteiger partial charge in [-0.15, -0.1) is 0 Å². The van der Waals surface area contributed by atoms with E-state index in [1.807, 2.05) is 55.5 Å². The molecule has 0 aromatic heterocycles. The number of amides is 1. The van der Waals surface area contributed by atoms with Crippen molar-refractivity contribution >= 4 is 33.2 Å². The minimum Gasteiger partial charge on any atom is -0.484 e. The molecule has 1 atom stereocenters. The summed E-state index contributed by atoms with van der Waals surface area (Å²) in [6, 6.07) is 20.9. The first kappa shape index (κ1) is 26.0. The molecule has 36 heavy (non-hydrogen) atoms. The van der Waals surface area contributed by atoms with Crippen molar-refractivity contribution in [1.29, 1.82) is 0 Å². The van der Waals surface area contributed by atoms with Crippen molar-refractivity contribution in [2.45, 2.75) is 24.8 Å². The van der Waals surface area contributed by atoms with E-state index in [4.69, 9.17) is 16.3 Å². The number of benzene rings is 3. The minimum atomic E-state index is -3.70. The number of sulfonamides is 1. The summed E-state index contributed by atoms with van der Waals surface area (Å²) >= 11 is 6.15. The van der Waals surface area contributed by atoms with E-state index in [9.17, 15) is 13.2 Å². The van der Waals surface area contributed by atoms with E-state index < -0.39 is 10.0 Å². The molecule has 3 aromatic carbocycles. The van der Waals surface area contributed by atoms with Gasteiger partial charge in [0, 0.05) is 42.9 Å². The smallest absolute Gasteiger partial charge is 0.260 e. The molecule has 190 valence electrons. The third-order valence-corrected chi connectivity index (χ3v) is 8.06. The maximum atomic E-state index is 12.7. The van der Waals surface area contributed by atoms with Gasteiger partial charge in [-0.25, -0.2) is 13.1 Å². The van der Waals surface area contributed by atoms with Crippen LogP contribution in [0.25, 0.3) is 0 Å². The zero-order chi connectivity index (χ0) is 25.7. The second kappa shape index (κ2) is 11.3. The van der Waals surface area contributed by atoms with Crippen LogP contribution in [-0.4, -0.2) is 52.0 Å². The fraction of sp³-hybridized carbons (Fsp3) is 0.296. The Labute approximate surface area is 217 Å². The van der Waals surface area contributed by atoms with E-state index in [2.05, 4.69) is 9.62 Å². The van der Waals surface area contributed by atoms with Gasteiger partial charge in [0.2, 0.25) is 10.0 Å². The average Bonchev–Trinajstić information content (AvgIpc) is 2.89. The Morgan fingerprint density at radius 1 is 1.00 bits per heavy atom. The van der Waals surface area contributed by atoms with Crippen LogP contribution in [0.15, 0.2) is 77.7 Å². The summed E-state index contributed by atoms with van der Waals surface area (Å²) in [5.74, 6) is 0.333. The van der Waals surface area contributed by atoms with Gasteiger partial charge in [-0.3, -0.25) is 4.79 Å². The van der Waals surface area contributed by atoms with Gasteiger partial charge in [0.1, 0.15) is 5.75 Å². The molecule has 7 nitrogen and oxygen atoms in total. The molecule has 1 saturated heterocycles. The number of nitrogens with zero attached hydrogens (tertiary/aromatic N) is 2. The lowest BCUT2D eigenvalue weighted by atomic mass is 10.1. The molecule has 1 N–H and O–H groups in total. The standard InChI is InChI=1S/C27H30ClN3O4S/c1-20-8-9-23(28)18-26(20)30-14-16-31(17-15-30)27(32)19-35-24-10-12-25(13-11-24)36(33,34)29-21(2)22-6-4-3-5-7-22/h3-13,18,21,29H,14-17,19H2,1-2H3/t21-/m0/s1. The Bertz CT molecular complexity index is 1290. The highest BCUT2D eigenvalue weighted by molar-refractivity contribution is 7.89. The summed E-state index contributed by atoms with van der Waals surface area (Å²) in [5, 5.41) is 0.697. The molecular weight excluding hydrogens is 498 g/mol. The van der Waals surface area contributed by atoms with Gasteiger partial charge in [-0.2, -0.15) is 0 Å². The molecule has 1 fully saturated rings. The van der Waals surface area contributed by atoms with Crippen molar-refractivity contribution in [2.24, 2.45) is 0 Å². The van der Waals surface area contributed by atoms with Gasteiger partial charge in [0.25, 0.3) is 5.91 Å². The number of aryl methyl sites for hydroxylation is 1. The summed E-state index contributed by atoms with van der Waals surface area (Å²) in [7, 11) is -3.70. The summed E-state index contributed by atoms with van der Waals surface area (Å²) in [6.07, 6.45) is 0. The quantitative estimate of drug-likeness (QED) is 0.469. The van der Waals surface area contributed by atoms with Gasteiger partial charge in [0.15, 0.2) is 6.61 Å². The first-order valence-electron chi connectivity index (χ1n) is 11.8. The maximum Gasteiger partial charge on any atom is 0.260 e. The molecule has 0 unspecified atom stereocenters. The topological polar surface area (TPSA) is 79.0 Å². The molecule has 0 bridgehead atoms. The number of ether oxygens (including phenoxy) is 1. The lowest BCUT2D eigenvalue weighted by Crippen LogP contribution is -2.50. The number of hydrogen-bond donors (Lipinski definition) is 1. The molecule has 3 aromatic rings. The Kier molecular flexibility index (Phi) is 8.18. The van der Waals surface area contributed by atoms with E-state index in [0.717, 1.165) is 16.8 Å². The summed E-state index contributed by atoms with van der Waals surface area (Å²) in [6.45, 7) is 6.36. The first-order chi connectivity index (χ1) is 17.2. The lowest BCUT2D eigenvalue weighted by Gasteiger charge is -2.36. The van der Waals surface area contributed by atoms with E-state index in [-0.39, 0.29) is 23.5 Å². The van der Waals surface area contributed by atoms with Gasteiger partial charge < -0.3 is 14.5 Å². The maximum absolute atomic E-state index is 12.7. The molecule has 1 amide bonds. The Balaban J connectivity index is 1.28. The fourth-order valence-electron chi connectivity index (χ4n) is 4.18. The fourth-order valence-corrected chi connectivity index (χ4v) is 5.58.